The molecular weight excluding hydrogens is 218 g/mol. The fraction of sp³-hybridized carbons (Fsp3) is 0.538. The molecule has 1 heterocycles. The first kappa shape index (κ1) is 11.8. The molecule has 88 valence electrons. The van der Waals surface area contributed by atoms with E-state index in [-0.39, 0.29) is 0 Å². The number of aliphatic hydroxyl groups excluding tert-OH is 1. The maximum Gasteiger partial charge on any atom is 0.0846 e. The lowest BCUT2D eigenvalue weighted by atomic mass is 9.91. The first-order chi connectivity index (χ1) is 7.70. The van der Waals surface area contributed by atoms with E-state index in [0.717, 1.165) is 29.0 Å². The molecule has 0 radical (unpaired) electrons. The van der Waals surface area contributed by atoms with Crippen LogP contribution in [0.15, 0.2) is 18.2 Å². The molecule has 2 nitrogen and oxygen atoms in total. The van der Waals surface area contributed by atoms with Crippen molar-refractivity contribution in [3.8, 4) is 0 Å². The van der Waals surface area contributed by atoms with Crippen molar-refractivity contribution in [2.45, 2.75) is 25.9 Å². The molecule has 0 amide bonds. The van der Waals surface area contributed by atoms with E-state index in [1.54, 1.807) is 0 Å². The van der Waals surface area contributed by atoms with E-state index in [4.69, 9.17) is 5.73 Å². The van der Waals surface area contributed by atoms with Crippen LogP contribution in [0.25, 0.3) is 0 Å². The second-order valence-corrected chi connectivity index (χ2v) is 5.65. The van der Waals surface area contributed by atoms with Crippen LogP contribution < -0.4 is 5.73 Å². The van der Waals surface area contributed by atoms with Crippen molar-refractivity contribution in [3.63, 3.8) is 0 Å². The zero-order valence-corrected chi connectivity index (χ0v) is 10.5. The summed E-state index contributed by atoms with van der Waals surface area (Å²) in [5.41, 5.74) is 8.74. The number of hydrogen-bond donors (Lipinski definition) is 2. The molecule has 1 aromatic carbocycles. The Hall–Kier alpha value is -0.670. The van der Waals surface area contributed by atoms with E-state index >= 15 is 0 Å². The summed E-state index contributed by atoms with van der Waals surface area (Å²) in [6.07, 6.45) is 1.92. The fourth-order valence-electron chi connectivity index (χ4n) is 2.23. The highest BCUT2D eigenvalue weighted by atomic mass is 32.2. The molecule has 0 bridgehead atoms. The molecule has 1 aromatic rings. The molecule has 3 N–H and O–H groups in total. The summed E-state index contributed by atoms with van der Waals surface area (Å²) in [5, 5.41) is 10.4. The molecular formula is C13H19NOS. The Labute approximate surface area is 101 Å². The third kappa shape index (κ3) is 2.36. The highest BCUT2D eigenvalue weighted by Gasteiger charge is 2.24. The Balaban J connectivity index is 2.19. The number of benzene rings is 1. The third-order valence-corrected chi connectivity index (χ3v) is 4.56. The number of para-hydroxylation sites is 1. The van der Waals surface area contributed by atoms with Gasteiger partial charge < -0.3 is 10.8 Å². The fourth-order valence-corrected chi connectivity index (χ4v) is 3.42. The summed E-state index contributed by atoms with van der Waals surface area (Å²) in [6, 6.07) is 5.91. The van der Waals surface area contributed by atoms with Crippen LogP contribution in [-0.2, 0) is 0 Å². The maximum atomic E-state index is 10.4. The van der Waals surface area contributed by atoms with Gasteiger partial charge in [-0.25, -0.2) is 0 Å². The third-order valence-electron chi connectivity index (χ3n) is 3.32. The zero-order chi connectivity index (χ0) is 11.5. The standard InChI is InChI=1S/C13H19NOS/c1-9-4-2-6-11(12(9)14)13(15)10-5-3-7-16-8-10/h2,4,6,10,13,15H,3,5,7-8,14H2,1H3. The molecule has 0 aliphatic carbocycles. The second-order valence-electron chi connectivity index (χ2n) is 4.50. The molecule has 0 saturated carbocycles. The Kier molecular flexibility index (Phi) is 3.77. The minimum absolute atomic E-state index is 0.364. The number of nitrogen functional groups attached to an aromatic ring is 1. The maximum absolute atomic E-state index is 10.4. The van der Waals surface area contributed by atoms with Crippen LogP contribution >= 0.6 is 11.8 Å². The monoisotopic (exact) mass is 237 g/mol. The largest absolute Gasteiger partial charge is 0.398 e. The number of thioether (sulfide) groups is 1. The van der Waals surface area contributed by atoms with Gasteiger partial charge in [0.15, 0.2) is 0 Å². The molecule has 0 spiro atoms. The van der Waals surface area contributed by atoms with Crippen molar-refractivity contribution in [1.82, 2.24) is 0 Å². The van der Waals surface area contributed by atoms with Gasteiger partial charge in [-0.05, 0) is 42.8 Å². The van der Waals surface area contributed by atoms with Gasteiger partial charge in [-0.15, -0.1) is 0 Å². The van der Waals surface area contributed by atoms with Gasteiger partial charge in [0, 0.05) is 11.3 Å². The summed E-state index contributed by atoms with van der Waals surface area (Å²) in [6.45, 7) is 1.99. The zero-order valence-electron chi connectivity index (χ0n) is 9.65. The van der Waals surface area contributed by atoms with Gasteiger partial charge in [0.05, 0.1) is 6.10 Å². The van der Waals surface area contributed by atoms with E-state index in [1.807, 2.05) is 36.9 Å². The molecule has 16 heavy (non-hydrogen) atoms. The molecule has 1 saturated heterocycles. The van der Waals surface area contributed by atoms with Gasteiger partial charge in [0.2, 0.25) is 0 Å². The van der Waals surface area contributed by atoms with Crippen molar-refractivity contribution in [2.24, 2.45) is 5.92 Å². The van der Waals surface area contributed by atoms with Gasteiger partial charge in [0.25, 0.3) is 0 Å². The lowest BCUT2D eigenvalue weighted by Crippen LogP contribution is -2.20. The van der Waals surface area contributed by atoms with E-state index in [9.17, 15) is 5.11 Å². The summed E-state index contributed by atoms with van der Waals surface area (Å²) in [4.78, 5) is 0. The first-order valence-corrected chi connectivity index (χ1v) is 6.96. The van der Waals surface area contributed by atoms with Crippen molar-refractivity contribution in [3.05, 3.63) is 29.3 Å². The molecule has 2 rings (SSSR count). The van der Waals surface area contributed by atoms with Crippen LogP contribution in [0.4, 0.5) is 5.69 Å². The normalized spacial score (nSPS) is 23.0. The van der Waals surface area contributed by atoms with E-state index in [2.05, 4.69) is 0 Å². The quantitative estimate of drug-likeness (QED) is 0.777. The smallest absolute Gasteiger partial charge is 0.0846 e. The lowest BCUT2D eigenvalue weighted by molar-refractivity contribution is 0.114. The van der Waals surface area contributed by atoms with Crippen LogP contribution in [0.2, 0.25) is 0 Å². The molecule has 2 unspecified atom stereocenters. The van der Waals surface area contributed by atoms with E-state index in [1.165, 1.54) is 12.2 Å². The highest BCUT2D eigenvalue weighted by Crippen LogP contribution is 2.35. The number of aliphatic hydroxyl groups is 1. The average molecular weight is 237 g/mol. The summed E-state index contributed by atoms with van der Waals surface area (Å²) >= 11 is 1.94. The predicted molar refractivity (Wildman–Crippen MR) is 70.6 cm³/mol. The highest BCUT2D eigenvalue weighted by molar-refractivity contribution is 7.99. The number of aryl methyl sites for hydroxylation is 1. The number of anilines is 1. The number of nitrogens with two attached hydrogens (primary N) is 1. The van der Waals surface area contributed by atoms with Crippen LogP contribution in [0.1, 0.15) is 30.1 Å². The molecule has 1 aliphatic rings. The molecule has 1 fully saturated rings. The molecule has 2 atom stereocenters. The van der Waals surface area contributed by atoms with Crippen molar-refractivity contribution in [2.75, 3.05) is 17.2 Å². The summed E-state index contributed by atoms with van der Waals surface area (Å²) in [5.74, 6) is 2.64. The van der Waals surface area contributed by atoms with Crippen LogP contribution in [-0.4, -0.2) is 16.6 Å². The van der Waals surface area contributed by atoms with Gasteiger partial charge >= 0.3 is 0 Å². The Bertz CT molecular complexity index is 361. The van der Waals surface area contributed by atoms with Crippen LogP contribution in [0.5, 0.6) is 0 Å². The topological polar surface area (TPSA) is 46.2 Å². The van der Waals surface area contributed by atoms with Crippen molar-refractivity contribution >= 4 is 17.4 Å². The number of rotatable bonds is 2. The lowest BCUT2D eigenvalue weighted by Gasteiger charge is -2.27. The Morgan fingerprint density at radius 3 is 3.00 bits per heavy atom. The SMILES string of the molecule is Cc1cccc(C(O)C2CCCSC2)c1N. The molecule has 1 aliphatic heterocycles. The van der Waals surface area contributed by atoms with E-state index in [0.29, 0.717) is 5.92 Å². The van der Waals surface area contributed by atoms with Gasteiger partial charge in [-0.1, -0.05) is 18.2 Å². The Morgan fingerprint density at radius 1 is 1.50 bits per heavy atom. The number of hydrogen-bond acceptors (Lipinski definition) is 3. The summed E-state index contributed by atoms with van der Waals surface area (Å²) in [7, 11) is 0. The van der Waals surface area contributed by atoms with E-state index < -0.39 is 6.10 Å². The van der Waals surface area contributed by atoms with Gasteiger partial charge in [-0.3, -0.25) is 0 Å². The van der Waals surface area contributed by atoms with Crippen LogP contribution in [0, 0.1) is 12.8 Å². The summed E-state index contributed by atoms with van der Waals surface area (Å²) < 4.78 is 0. The van der Waals surface area contributed by atoms with Gasteiger partial charge in [0.1, 0.15) is 0 Å². The Morgan fingerprint density at radius 2 is 2.31 bits per heavy atom. The predicted octanol–water partition coefficient (Wildman–Crippen LogP) is 2.75. The van der Waals surface area contributed by atoms with Crippen molar-refractivity contribution in [1.29, 1.82) is 0 Å². The second kappa shape index (κ2) is 5.11. The molecule has 3 heteroatoms. The van der Waals surface area contributed by atoms with Crippen molar-refractivity contribution < 1.29 is 5.11 Å². The minimum atomic E-state index is -0.396. The molecule has 0 aromatic heterocycles. The first-order valence-electron chi connectivity index (χ1n) is 5.81. The van der Waals surface area contributed by atoms with Gasteiger partial charge in [-0.2, -0.15) is 11.8 Å². The van der Waals surface area contributed by atoms with Crippen LogP contribution in [0.3, 0.4) is 0 Å². The average Bonchev–Trinajstić information content (AvgIpc) is 2.33. The minimum Gasteiger partial charge on any atom is -0.398 e.